The van der Waals surface area contributed by atoms with Crippen LogP contribution in [0.1, 0.15) is 0 Å². The quantitative estimate of drug-likeness (QED) is 0.492. The SMILES string of the molecule is Nc1ccc(Br)c(Br)c1[N+](=O)[O-]. The third-order valence-electron chi connectivity index (χ3n) is 1.28. The van der Waals surface area contributed by atoms with Crippen molar-refractivity contribution in [1.29, 1.82) is 0 Å². The molecule has 0 amide bonds. The van der Waals surface area contributed by atoms with Gasteiger partial charge in [0.15, 0.2) is 0 Å². The molecule has 1 rings (SSSR count). The van der Waals surface area contributed by atoms with Crippen molar-refractivity contribution < 1.29 is 4.92 Å². The van der Waals surface area contributed by atoms with Crippen molar-refractivity contribution >= 4 is 43.2 Å². The number of halogens is 2. The number of nitrogens with two attached hydrogens (primary N) is 1. The van der Waals surface area contributed by atoms with Crippen molar-refractivity contribution in [3.63, 3.8) is 0 Å². The molecule has 0 saturated carbocycles. The van der Waals surface area contributed by atoms with Crippen LogP contribution in [0.4, 0.5) is 11.4 Å². The van der Waals surface area contributed by atoms with E-state index in [4.69, 9.17) is 5.73 Å². The zero-order valence-electron chi connectivity index (χ0n) is 5.75. The van der Waals surface area contributed by atoms with Crippen LogP contribution in [0, 0.1) is 10.1 Å². The first-order valence-corrected chi connectivity index (χ1v) is 4.50. The van der Waals surface area contributed by atoms with Crippen LogP contribution in [-0.4, -0.2) is 4.92 Å². The Morgan fingerprint density at radius 3 is 2.42 bits per heavy atom. The highest BCUT2D eigenvalue weighted by molar-refractivity contribution is 9.13. The summed E-state index contributed by atoms with van der Waals surface area (Å²) in [7, 11) is 0. The Balaban J connectivity index is 3.43. The lowest BCUT2D eigenvalue weighted by molar-refractivity contribution is -0.384. The van der Waals surface area contributed by atoms with Gasteiger partial charge in [0.2, 0.25) is 0 Å². The number of anilines is 1. The zero-order chi connectivity index (χ0) is 9.30. The van der Waals surface area contributed by atoms with E-state index in [1.165, 1.54) is 6.07 Å². The largest absolute Gasteiger partial charge is 0.393 e. The summed E-state index contributed by atoms with van der Waals surface area (Å²) in [5.74, 6) is 0. The number of nitro groups is 1. The van der Waals surface area contributed by atoms with E-state index in [0.29, 0.717) is 8.95 Å². The molecule has 0 heterocycles. The summed E-state index contributed by atoms with van der Waals surface area (Å²) in [5.41, 5.74) is 5.44. The van der Waals surface area contributed by atoms with Gasteiger partial charge in [-0.05, 0) is 44.0 Å². The normalized spacial score (nSPS) is 9.83. The molecule has 4 nitrogen and oxygen atoms in total. The van der Waals surface area contributed by atoms with Crippen LogP contribution in [-0.2, 0) is 0 Å². The molecule has 1 aromatic carbocycles. The van der Waals surface area contributed by atoms with Crippen molar-refractivity contribution in [2.45, 2.75) is 0 Å². The molecule has 0 radical (unpaired) electrons. The molecule has 0 saturated heterocycles. The standard InChI is InChI=1S/C6H4Br2N2O2/c7-3-1-2-4(9)6(5(3)8)10(11)12/h1-2H,9H2. The van der Waals surface area contributed by atoms with Crippen LogP contribution < -0.4 is 5.73 Å². The number of hydrogen-bond donors (Lipinski definition) is 1. The molecule has 0 atom stereocenters. The van der Waals surface area contributed by atoms with Crippen molar-refractivity contribution in [3.8, 4) is 0 Å². The second-order valence-electron chi connectivity index (χ2n) is 2.06. The van der Waals surface area contributed by atoms with Gasteiger partial charge in [-0.2, -0.15) is 0 Å². The Morgan fingerprint density at radius 1 is 1.42 bits per heavy atom. The summed E-state index contributed by atoms with van der Waals surface area (Å²) in [4.78, 5) is 9.95. The summed E-state index contributed by atoms with van der Waals surface area (Å²) in [6.45, 7) is 0. The van der Waals surface area contributed by atoms with E-state index >= 15 is 0 Å². The average molecular weight is 296 g/mol. The van der Waals surface area contributed by atoms with Crippen LogP contribution >= 0.6 is 31.9 Å². The third kappa shape index (κ3) is 1.59. The van der Waals surface area contributed by atoms with Gasteiger partial charge < -0.3 is 5.73 Å². The molecule has 0 aliphatic heterocycles. The van der Waals surface area contributed by atoms with E-state index in [2.05, 4.69) is 31.9 Å². The Bertz CT molecular complexity index is 341. The molecule has 0 unspecified atom stereocenters. The lowest BCUT2D eigenvalue weighted by Crippen LogP contribution is -1.96. The summed E-state index contributed by atoms with van der Waals surface area (Å²) in [6.07, 6.45) is 0. The fourth-order valence-corrected chi connectivity index (χ4v) is 1.57. The number of nitrogen functional groups attached to an aromatic ring is 1. The fourth-order valence-electron chi connectivity index (χ4n) is 0.740. The first-order chi connectivity index (χ1) is 5.54. The Kier molecular flexibility index (Phi) is 2.69. The summed E-state index contributed by atoms with van der Waals surface area (Å²) >= 11 is 6.20. The zero-order valence-corrected chi connectivity index (χ0v) is 8.92. The van der Waals surface area contributed by atoms with Gasteiger partial charge in [-0.25, -0.2) is 0 Å². The molecule has 0 aromatic heterocycles. The predicted molar refractivity (Wildman–Crippen MR) is 52.9 cm³/mol. The van der Waals surface area contributed by atoms with Gasteiger partial charge in [0.1, 0.15) is 10.2 Å². The molecule has 0 fully saturated rings. The molecule has 6 heteroatoms. The molecule has 0 bridgehead atoms. The van der Waals surface area contributed by atoms with Gasteiger partial charge in [0.05, 0.1) is 4.92 Å². The minimum Gasteiger partial charge on any atom is -0.393 e. The summed E-state index contributed by atoms with van der Waals surface area (Å²) < 4.78 is 0.982. The van der Waals surface area contributed by atoms with E-state index < -0.39 is 4.92 Å². The number of benzene rings is 1. The van der Waals surface area contributed by atoms with Crippen LogP contribution in [0.5, 0.6) is 0 Å². The first-order valence-electron chi connectivity index (χ1n) is 2.92. The predicted octanol–water partition coefficient (Wildman–Crippen LogP) is 2.70. The van der Waals surface area contributed by atoms with Crippen molar-refractivity contribution in [1.82, 2.24) is 0 Å². The number of nitro benzene ring substituents is 1. The lowest BCUT2D eigenvalue weighted by atomic mass is 10.3. The van der Waals surface area contributed by atoms with E-state index in [1.807, 2.05) is 0 Å². The van der Waals surface area contributed by atoms with Gasteiger partial charge in [-0.15, -0.1) is 0 Å². The smallest absolute Gasteiger partial charge is 0.307 e. The van der Waals surface area contributed by atoms with E-state index in [9.17, 15) is 10.1 Å². The van der Waals surface area contributed by atoms with Gasteiger partial charge >= 0.3 is 5.69 Å². The van der Waals surface area contributed by atoms with Crippen LogP contribution in [0.3, 0.4) is 0 Å². The molecule has 0 aliphatic rings. The fraction of sp³-hybridized carbons (Fsp3) is 0. The topological polar surface area (TPSA) is 69.2 Å². The number of hydrogen-bond acceptors (Lipinski definition) is 3. The van der Waals surface area contributed by atoms with Crippen LogP contribution in [0.25, 0.3) is 0 Å². The molecule has 12 heavy (non-hydrogen) atoms. The van der Waals surface area contributed by atoms with E-state index in [0.717, 1.165) is 0 Å². The number of rotatable bonds is 1. The van der Waals surface area contributed by atoms with E-state index in [-0.39, 0.29) is 11.4 Å². The van der Waals surface area contributed by atoms with Gasteiger partial charge in [0.25, 0.3) is 0 Å². The third-order valence-corrected chi connectivity index (χ3v) is 3.28. The van der Waals surface area contributed by atoms with Gasteiger partial charge in [-0.1, -0.05) is 0 Å². The monoisotopic (exact) mass is 294 g/mol. The van der Waals surface area contributed by atoms with Crippen LogP contribution in [0.15, 0.2) is 21.1 Å². The second kappa shape index (κ2) is 3.40. The Hall–Kier alpha value is -0.620. The average Bonchev–Trinajstić information content (AvgIpc) is 1.97. The highest BCUT2D eigenvalue weighted by Gasteiger charge is 2.18. The molecular formula is C6H4Br2N2O2. The molecule has 1 aromatic rings. The maximum Gasteiger partial charge on any atom is 0.307 e. The highest BCUT2D eigenvalue weighted by atomic mass is 79.9. The number of nitrogens with zero attached hydrogens (tertiary/aromatic N) is 1. The van der Waals surface area contributed by atoms with Crippen molar-refractivity contribution in [2.75, 3.05) is 5.73 Å². The van der Waals surface area contributed by atoms with E-state index in [1.54, 1.807) is 6.07 Å². The van der Waals surface area contributed by atoms with Crippen LogP contribution in [0.2, 0.25) is 0 Å². The van der Waals surface area contributed by atoms with Crippen molar-refractivity contribution in [3.05, 3.63) is 31.2 Å². The van der Waals surface area contributed by atoms with Gasteiger partial charge in [0, 0.05) is 4.47 Å². The molecule has 0 spiro atoms. The maximum absolute atomic E-state index is 10.5. The maximum atomic E-state index is 10.5. The summed E-state index contributed by atoms with van der Waals surface area (Å²) in [6, 6.07) is 3.12. The molecule has 64 valence electrons. The van der Waals surface area contributed by atoms with Crippen molar-refractivity contribution in [2.24, 2.45) is 0 Å². The lowest BCUT2D eigenvalue weighted by Gasteiger charge is -2.00. The Labute approximate surface area is 85.2 Å². The highest BCUT2D eigenvalue weighted by Crippen LogP contribution is 2.36. The Morgan fingerprint density at radius 2 is 2.00 bits per heavy atom. The van der Waals surface area contributed by atoms with Gasteiger partial charge in [-0.3, -0.25) is 10.1 Å². The molecule has 2 N–H and O–H groups in total. The first kappa shape index (κ1) is 9.47. The minimum atomic E-state index is -0.524. The molecule has 0 aliphatic carbocycles. The summed E-state index contributed by atoms with van der Waals surface area (Å²) in [5, 5.41) is 10.5. The second-order valence-corrected chi connectivity index (χ2v) is 3.70. The minimum absolute atomic E-state index is 0.107. The molecular weight excluding hydrogens is 292 g/mol.